The van der Waals surface area contributed by atoms with E-state index in [9.17, 15) is 4.79 Å². The predicted octanol–water partition coefficient (Wildman–Crippen LogP) is 2.91. The number of nitrogens with zero attached hydrogens (tertiary/aromatic N) is 1. The van der Waals surface area contributed by atoms with E-state index in [1.165, 1.54) is 0 Å². The number of amides is 1. The van der Waals surface area contributed by atoms with Crippen LogP contribution in [0.25, 0.3) is 10.9 Å². The van der Waals surface area contributed by atoms with E-state index in [-0.39, 0.29) is 11.8 Å². The van der Waals surface area contributed by atoms with E-state index >= 15 is 0 Å². The first-order chi connectivity index (χ1) is 15.8. The second-order valence-electron chi connectivity index (χ2n) is 8.25. The molecule has 7 heteroatoms. The van der Waals surface area contributed by atoms with E-state index in [0.717, 1.165) is 66.4 Å². The lowest BCUT2D eigenvalue weighted by atomic mass is 9.87. The van der Waals surface area contributed by atoms with Crippen molar-refractivity contribution in [2.45, 2.75) is 12.3 Å². The SMILES string of the molecule is O=C(CC(c1ccc2c(c1)OCCO2)c1c[nH]c2ccccc12)NCCN1CCOCC1. The zero-order chi connectivity index (χ0) is 21.8. The summed E-state index contributed by atoms with van der Waals surface area (Å²) in [6.45, 7) is 5.95. The highest BCUT2D eigenvalue weighted by atomic mass is 16.6. The van der Waals surface area contributed by atoms with Crippen molar-refractivity contribution in [3.05, 3.63) is 59.8 Å². The minimum atomic E-state index is -0.0923. The molecule has 1 fully saturated rings. The highest BCUT2D eigenvalue weighted by Crippen LogP contribution is 2.38. The minimum Gasteiger partial charge on any atom is -0.486 e. The lowest BCUT2D eigenvalue weighted by Crippen LogP contribution is -2.41. The third-order valence-corrected chi connectivity index (χ3v) is 6.21. The number of carbonyl (C=O) groups excluding carboxylic acids is 1. The van der Waals surface area contributed by atoms with Crippen LogP contribution in [0.5, 0.6) is 11.5 Å². The van der Waals surface area contributed by atoms with E-state index in [1.54, 1.807) is 0 Å². The van der Waals surface area contributed by atoms with Gasteiger partial charge < -0.3 is 24.5 Å². The van der Waals surface area contributed by atoms with Crippen molar-refractivity contribution in [2.24, 2.45) is 0 Å². The van der Waals surface area contributed by atoms with E-state index in [0.29, 0.717) is 26.2 Å². The number of hydrogen-bond donors (Lipinski definition) is 2. The van der Waals surface area contributed by atoms with Crippen molar-refractivity contribution in [2.75, 3.05) is 52.6 Å². The molecule has 0 aliphatic carbocycles. The number of carbonyl (C=O) groups is 1. The van der Waals surface area contributed by atoms with Gasteiger partial charge in [0.15, 0.2) is 11.5 Å². The van der Waals surface area contributed by atoms with Gasteiger partial charge in [0.1, 0.15) is 13.2 Å². The van der Waals surface area contributed by atoms with Gasteiger partial charge in [0.25, 0.3) is 0 Å². The number of benzene rings is 2. The van der Waals surface area contributed by atoms with Gasteiger partial charge in [0, 0.05) is 55.6 Å². The zero-order valence-corrected chi connectivity index (χ0v) is 18.1. The Kier molecular flexibility index (Phi) is 6.27. The predicted molar refractivity (Wildman–Crippen MR) is 122 cm³/mol. The first-order valence-electron chi connectivity index (χ1n) is 11.3. The van der Waals surface area contributed by atoms with E-state index in [4.69, 9.17) is 14.2 Å². The molecule has 2 aromatic carbocycles. The normalized spacial score (nSPS) is 17.2. The number of aromatic nitrogens is 1. The molecule has 3 heterocycles. The third kappa shape index (κ3) is 4.59. The summed E-state index contributed by atoms with van der Waals surface area (Å²) in [5.41, 5.74) is 3.22. The summed E-state index contributed by atoms with van der Waals surface area (Å²) >= 11 is 0. The van der Waals surface area contributed by atoms with Crippen LogP contribution < -0.4 is 14.8 Å². The van der Waals surface area contributed by atoms with Crippen molar-refractivity contribution in [1.82, 2.24) is 15.2 Å². The van der Waals surface area contributed by atoms with Crippen LogP contribution in [0.15, 0.2) is 48.7 Å². The lowest BCUT2D eigenvalue weighted by Gasteiger charge is -2.26. The van der Waals surface area contributed by atoms with Crippen LogP contribution >= 0.6 is 0 Å². The minimum absolute atomic E-state index is 0.0448. The Morgan fingerprint density at radius 1 is 1.03 bits per heavy atom. The Morgan fingerprint density at radius 3 is 2.72 bits per heavy atom. The molecule has 3 aromatic rings. The fourth-order valence-electron chi connectivity index (χ4n) is 4.50. The molecule has 2 aliphatic rings. The van der Waals surface area contributed by atoms with Crippen LogP contribution in [0, 0.1) is 0 Å². The standard InChI is InChI=1S/C25H29N3O4/c29-25(26-7-8-28-9-11-30-12-10-28)16-20(21-17-27-22-4-2-1-3-19(21)22)18-5-6-23-24(15-18)32-14-13-31-23/h1-6,15,17,20,27H,7-14,16H2,(H,26,29). The molecule has 0 radical (unpaired) electrons. The summed E-state index contributed by atoms with van der Waals surface area (Å²) in [7, 11) is 0. The molecule has 1 atom stereocenters. The van der Waals surface area contributed by atoms with Gasteiger partial charge in [0.2, 0.25) is 5.91 Å². The molecule has 2 N–H and O–H groups in total. The van der Waals surface area contributed by atoms with Crippen molar-refractivity contribution >= 4 is 16.8 Å². The molecule has 1 unspecified atom stereocenters. The van der Waals surface area contributed by atoms with Crippen molar-refractivity contribution in [3.8, 4) is 11.5 Å². The topological polar surface area (TPSA) is 75.8 Å². The average Bonchev–Trinajstić information content (AvgIpc) is 3.27. The Hall–Kier alpha value is -3.03. The molecule has 32 heavy (non-hydrogen) atoms. The maximum atomic E-state index is 13.0. The third-order valence-electron chi connectivity index (χ3n) is 6.21. The van der Waals surface area contributed by atoms with Crippen LogP contribution in [-0.2, 0) is 9.53 Å². The molecule has 0 spiro atoms. The molecule has 7 nitrogen and oxygen atoms in total. The van der Waals surface area contributed by atoms with Crippen LogP contribution in [0.4, 0.5) is 0 Å². The van der Waals surface area contributed by atoms with E-state index < -0.39 is 0 Å². The second-order valence-corrected chi connectivity index (χ2v) is 8.25. The average molecular weight is 436 g/mol. The highest BCUT2D eigenvalue weighted by molar-refractivity contribution is 5.86. The van der Waals surface area contributed by atoms with Crippen LogP contribution in [0.2, 0.25) is 0 Å². The van der Waals surface area contributed by atoms with Gasteiger partial charge in [-0.05, 0) is 29.3 Å². The van der Waals surface area contributed by atoms with Gasteiger partial charge in [-0.3, -0.25) is 9.69 Å². The summed E-state index contributed by atoms with van der Waals surface area (Å²) in [5.74, 6) is 1.45. The number of rotatable bonds is 7. The van der Waals surface area contributed by atoms with Crippen LogP contribution in [-0.4, -0.2) is 68.4 Å². The summed E-state index contributed by atoms with van der Waals surface area (Å²) in [4.78, 5) is 18.6. The largest absolute Gasteiger partial charge is 0.486 e. The Bertz CT molecular complexity index is 1070. The zero-order valence-electron chi connectivity index (χ0n) is 18.1. The van der Waals surface area contributed by atoms with Crippen LogP contribution in [0.1, 0.15) is 23.5 Å². The van der Waals surface area contributed by atoms with Crippen molar-refractivity contribution in [3.63, 3.8) is 0 Å². The van der Waals surface area contributed by atoms with Gasteiger partial charge in [-0.25, -0.2) is 0 Å². The summed E-state index contributed by atoms with van der Waals surface area (Å²) < 4.78 is 16.9. The molecule has 168 valence electrons. The molecule has 1 amide bonds. The number of aromatic amines is 1. The molecular formula is C25H29N3O4. The highest BCUT2D eigenvalue weighted by Gasteiger charge is 2.24. The van der Waals surface area contributed by atoms with Gasteiger partial charge in [-0.2, -0.15) is 0 Å². The second kappa shape index (κ2) is 9.63. The lowest BCUT2D eigenvalue weighted by molar-refractivity contribution is -0.121. The number of morpholine rings is 1. The molecule has 1 saturated heterocycles. The maximum Gasteiger partial charge on any atom is 0.220 e. The molecule has 2 aliphatic heterocycles. The number of hydrogen-bond acceptors (Lipinski definition) is 5. The Morgan fingerprint density at radius 2 is 1.84 bits per heavy atom. The molecule has 0 saturated carbocycles. The van der Waals surface area contributed by atoms with Crippen molar-refractivity contribution < 1.29 is 19.0 Å². The monoisotopic (exact) mass is 435 g/mol. The number of nitrogens with one attached hydrogen (secondary N) is 2. The Labute approximate surface area is 187 Å². The first kappa shape index (κ1) is 20.8. The van der Waals surface area contributed by atoms with Gasteiger partial charge in [-0.1, -0.05) is 24.3 Å². The van der Waals surface area contributed by atoms with E-state index in [1.807, 2.05) is 36.5 Å². The summed E-state index contributed by atoms with van der Waals surface area (Å²) in [6.07, 6.45) is 2.39. The first-order valence-corrected chi connectivity index (χ1v) is 11.3. The Balaban J connectivity index is 1.35. The molecule has 0 bridgehead atoms. The fraction of sp³-hybridized carbons (Fsp3) is 0.400. The summed E-state index contributed by atoms with van der Waals surface area (Å²) in [5, 5.41) is 4.25. The fourth-order valence-corrected chi connectivity index (χ4v) is 4.50. The molecule has 1 aromatic heterocycles. The summed E-state index contributed by atoms with van der Waals surface area (Å²) in [6, 6.07) is 14.2. The van der Waals surface area contributed by atoms with Crippen molar-refractivity contribution in [1.29, 1.82) is 0 Å². The smallest absolute Gasteiger partial charge is 0.220 e. The van der Waals surface area contributed by atoms with E-state index in [2.05, 4.69) is 27.3 Å². The number of ether oxygens (including phenoxy) is 3. The quantitative estimate of drug-likeness (QED) is 0.597. The molecular weight excluding hydrogens is 406 g/mol. The number of fused-ring (bicyclic) bond motifs is 2. The maximum absolute atomic E-state index is 13.0. The van der Waals surface area contributed by atoms with Gasteiger partial charge in [-0.15, -0.1) is 0 Å². The van der Waals surface area contributed by atoms with Gasteiger partial charge in [0.05, 0.1) is 13.2 Å². The molecule has 5 rings (SSSR count). The number of para-hydroxylation sites is 1. The number of H-pyrrole nitrogens is 1. The van der Waals surface area contributed by atoms with Crippen LogP contribution in [0.3, 0.4) is 0 Å². The van der Waals surface area contributed by atoms with Gasteiger partial charge >= 0.3 is 0 Å².